The quantitative estimate of drug-likeness (QED) is 0.535. The first-order chi connectivity index (χ1) is 12.7. The molecule has 1 aliphatic rings. The van der Waals surface area contributed by atoms with Crippen LogP contribution in [0.2, 0.25) is 0 Å². The van der Waals surface area contributed by atoms with E-state index in [-0.39, 0.29) is 11.9 Å². The lowest BCUT2D eigenvalue weighted by Gasteiger charge is -2.17. The maximum atomic E-state index is 12.0. The Morgan fingerprint density at radius 1 is 1.23 bits per heavy atom. The Labute approximate surface area is 158 Å². The number of benzene rings is 1. The van der Waals surface area contributed by atoms with Gasteiger partial charge in [0.15, 0.2) is 0 Å². The van der Waals surface area contributed by atoms with E-state index in [2.05, 4.69) is 15.5 Å². The molecule has 7 heteroatoms. The van der Waals surface area contributed by atoms with E-state index in [4.69, 9.17) is 9.15 Å². The van der Waals surface area contributed by atoms with E-state index in [0.29, 0.717) is 18.2 Å². The molecule has 0 bridgehead atoms. The van der Waals surface area contributed by atoms with Crippen LogP contribution in [0.5, 0.6) is 5.75 Å². The molecule has 3 rings (SSSR count). The number of carbonyl (C=O) groups excluding carboxylic acids is 1. The number of anilines is 1. The molecule has 0 spiro atoms. The molecule has 0 aliphatic heterocycles. The van der Waals surface area contributed by atoms with Crippen LogP contribution in [0, 0.1) is 0 Å². The Morgan fingerprint density at radius 2 is 2.00 bits per heavy atom. The van der Waals surface area contributed by atoms with Crippen molar-refractivity contribution in [3.05, 3.63) is 30.2 Å². The van der Waals surface area contributed by atoms with Crippen molar-refractivity contribution in [2.24, 2.45) is 0 Å². The van der Waals surface area contributed by atoms with Crippen molar-refractivity contribution in [1.29, 1.82) is 0 Å². The van der Waals surface area contributed by atoms with Gasteiger partial charge >= 0.3 is 6.01 Å². The minimum atomic E-state index is -0.0841. The van der Waals surface area contributed by atoms with Crippen molar-refractivity contribution in [3.8, 4) is 5.75 Å². The number of methoxy groups -OCH3 is 1. The Balaban J connectivity index is 1.36. The monoisotopic (exact) mass is 375 g/mol. The van der Waals surface area contributed by atoms with E-state index in [0.717, 1.165) is 30.8 Å². The number of rotatable bonds is 8. The third-order valence-corrected chi connectivity index (χ3v) is 5.62. The highest BCUT2D eigenvalue weighted by Crippen LogP contribution is 2.32. The van der Waals surface area contributed by atoms with Gasteiger partial charge in [0, 0.05) is 17.2 Å². The lowest BCUT2D eigenvalue weighted by Crippen LogP contribution is -2.11. The molecule has 0 unspecified atom stereocenters. The van der Waals surface area contributed by atoms with E-state index in [1.807, 2.05) is 24.3 Å². The summed E-state index contributed by atoms with van der Waals surface area (Å²) >= 11 is 1.72. The van der Waals surface area contributed by atoms with Crippen LogP contribution in [0.1, 0.15) is 56.8 Å². The summed E-state index contributed by atoms with van der Waals surface area (Å²) in [5.41, 5.74) is 0. The zero-order valence-corrected chi connectivity index (χ0v) is 15.9. The molecule has 1 heterocycles. The number of nitrogens with one attached hydrogen (secondary N) is 1. The maximum Gasteiger partial charge on any atom is 0.322 e. The zero-order chi connectivity index (χ0) is 18.2. The fraction of sp³-hybridized carbons (Fsp3) is 0.526. The molecule has 6 nitrogen and oxygen atoms in total. The molecule has 1 saturated carbocycles. The van der Waals surface area contributed by atoms with E-state index < -0.39 is 0 Å². The van der Waals surface area contributed by atoms with Gasteiger partial charge in [-0.15, -0.1) is 16.9 Å². The summed E-state index contributed by atoms with van der Waals surface area (Å²) in [5.74, 6) is 2.65. The largest absolute Gasteiger partial charge is 0.497 e. The predicted octanol–water partition coefficient (Wildman–Crippen LogP) is 4.64. The summed E-state index contributed by atoms with van der Waals surface area (Å²) in [6.07, 6.45) is 7.11. The van der Waals surface area contributed by atoms with Crippen LogP contribution in [-0.2, 0) is 4.79 Å². The van der Waals surface area contributed by atoms with Crippen molar-refractivity contribution >= 4 is 23.7 Å². The Morgan fingerprint density at radius 3 is 2.73 bits per heavy atom. The molecule has 1 N–H and O–H groups in total. The second kappa shape index (κ2) is 9.62. The maximum absolute atomic E-state index is 12.0. The normalized spacial score (nSPS) is 15.0. The molecule has 1 aliphatic carbocycles. The van der Waals surface area contributed by atoms with Crippen LogP contribution >= 0.6 is 11.8 Å². The van der Waals surface area contributed by atoms with Gasteiger partial charge in [-0.1, -0.05) is 24.4 Å². The number of ether oxygens (including phenoxy) is 1. The fourth-order valence-electron chi connectivity index (χ4n) is 3.08. The van der Waals surface area contributed by atoms with Crippen LogP contribution in [0.15, 0.2) is 33.6 Å². The first-order valence-corrected chi connectivity index (χ1v) is 10.1. The molecule has 1 aromatic carbocycles. The van der Waals surface area contributed by atoms with Gasteiger partial charge in [-0.3, -0.25) is 10.1 Å². The van der Waals surface area contributed by atoms with Crippen LogP contribution < -0.4 is 10.1 Å². The highest BCUT2D eigenvalue weighted by molar-refractivity contribution is 7.99. The average molecular weight is 375 g/mol. The Bertz CT molecular complexity index is 696. The van der Waals surface area contributed by atoms with Gasteiger partial charge in [0.05, 0.1) is 7.11 Å². The van der Waals surface area contributed by atoms with Crippen molar-refractivity contribution in [2.75, 3.05) is 18.2 Å². The molecule has 1 aromatic heterocycles. The first-order valence-electron chi connectivity index (χ1n) is 9.14. The second-order valence-corrected chi connectivity index (χ2v) is 7.62. The number of carbonyl (C=O) groups is 1. The second-order valence-electron chi connectivity index (χ2n) is 6.46. The third kappa shape index (κ3) is 5.49. The predicted molar refractivity (Wildman–Crippen MR) is 102 cm³/mol. The zero-order valence-electron chi connectivity index (χ0n) is 15.1. The van der Waals surface area contributed by atoms with E-state index in [1.54, 1.807) is 18.9 Å². The van der Waals surface area contributed by atoms with Crippen molar-refractivity contribution in [2.45, 2.75) is 55.8 Å². The highest BCUT2D eigenvalue weighted by atomic mass is 32.2. The molecular weight excluding hydrogens is 350 g/mol. The summed E-state index contributed by atoms with van der Waals surface area (Å²) in [4.78, 5) is 13.2. The fourth-order valence-corrected chi connectivity index (χ4v) is 3.93. The number of amides is 1. The molecule has 140 valence electrons. The van der Waals surface area contributed by atoms with Crippen LogP contribution in [0.3, 0.4) is 0 Å². The molecule has 2 aromatic rings. The van der Waals surface area contributed by atoms with E-state index in [1.165, 1.54) is 24.2 Å². The van der Waals surface area contributed by atoms with Crippen LogP contribution in [0.4, 0.5) is 6.01 Å². The van der Waals surface area contributed by atoms with Gasteiger partial charge in [-0.05, 0) is 49.3 Å². The standard InChI is InChI=1S/C19H25N3O3S/c1-24-15-9-11-16(12-10-15)26-13-5-8-17(23)20-19-22-21-18(25-19)14-6-3-2-4-7-14/h9-12,14H,2-8,13H2,1H3,(H,20,22,23). The number of thioether (sulfide) groups is 1. The molecule has 0 radical (unpaired) electrons. The van der Waals surface area contributed by atoms with Crippen LogP contribution in [-0.4, -0.2) is 29.0 Å². The lowest BCUT2D eigenvalue weighted by atomic mass is 9.89. The number of hydrogen-bond donors (Lipinski definition) is 1. The molecule has 0 atom stereocenters. The molecular formula is C19H25N3O3S. The summed E-state index contributed by atoms with van der Waals surface area (Å²) in [7, 11) is 1.66. The molecule has 1 amide bonds. The minimum Gasteiger partial charge on any atom is -0.497 e. The minimum absolute atomic E-state index is 0.0841. The van der Waals surface area contributed by atoms with Crippen molar-refractivity contribution in [3.63, 3.8) is 0 Å². The smallest absolute Gasteiger partial charge is 0.322 e. The van der Waals surface area contributed by atoms with Crippen molar-refractivity contribution in [1.82, 2.24) is 10.2 Å². The summed E-state index contributed by atoms with van der Waals surface area (Å²) < 4.78 is 10.8. The third-order valence-electron chi connectivity index (χ3n) is 4.52. The summed E-state index contributed by atoms with van der Waals surface area (Å²) in [6, 6.07) is 8.14. The average Bonchev–Trinajstić information content (AvgIpc) is 3.15. The van der Waals surface area contributed by atoms with E-state index in [9.17, 15) is 4.79 Å². The van der Waals surface area contributed by atoms with Crippen LogP contribution in [0.25, 0.3) is 0 Å². The first kappa shape index (κ1) is 18.8. The summed E-state index contributed by atoms with van der Waals surface area (Å²) in [5, 5.41) is 10.8. The summed E-state index contributed by atoms with van der Waals surface area (Å²) in [6.45, 7) is 0. The Kier molecular flexibility index (Phi) is 6.94. The number of hydrogen-bond acceptors (Lipinski definition) is 6. The Hall–Kier alpha value is -2.02. The van der Waals surface area contributed by atoms with Gasteiger partial charge in [0.1, 0.15) is 5.75 Å². The SMILES string of the molecule is COc1ccc(SCCCC(=O)Nc2nnc(C3CCCCC3)o2)cc1. The molecule has 0 saturated heterocycles. The number of nitrogens with zero attached hydrogens (tertiary/aromatic N) is 2. The topological polar surface area (TPSA) is 77.2 Å². The highest BCUT2D eigenvalue weighted by Gasteiger charge is 2.21. The number of aromatic nitrogens is 2. The molecule has 26 heavy (non-hydrogen) atoms. The van der Waals surface area contributed by atoms with Gasteiger partial charge < -0.3 is 9.15 Å². The molecule has 1 fully saturated rings. The van der Waals surface area contributed by atoms with Gasteiger partial charge in [-0.25, -0.2) is 0 Å². The van der Waals surface area contributed by atoms with Gasteiger partial charge in [0.25, 0.3) is 0 Å². The van der Waals surface area contributed by atoms with Crippen molar-refractivity contribution < 1.29 is 13.9 Å². The van der Waals surface area contributed by atoms with Gasteiger partial charge in [-0.2, -0.15) is 0 Å². The van der Waals surface area contributed by atoms with E-state index >= 15 is 0 Å². The van der Waals surface area contributed by atoms with Gasteiger partial charge in [0.2, 0.25) is 11.8 Å². The lowest BCUT2D eigenvalue weighted by molar-refractivity contribution is -0.116.